The topological polar surface area (TPSA) is 66.5 Å². The predicted octanol–water partition coefficient (Wildman–Crippen LogP) is 2.99. The number of hydrogen-bond acceptors (Lipinski definition) is 3. The van der Waals surface area contributed by atoms with E-state index in [2.05, 4.69) is 4.72 Å². The number of anilines is 1. The molecule has 0 atom stereocenters. The quantitative estimate of drug-likeness (QED) is 0.854. The molecule has 1 aliphatic rings. The van der Waals surface area contributed by atoms with Crippen LogP contribution in [0.25, 0.3) is 0 Å². The highest BCUT2D eigenvalue weighted by Crippen LogP contribution is 2.30. The zero-order valence-corrected chi connectivity index (χ0v) is 16.4. The fourth-order valence-corrected chi connectivity index (χ4v) is 4.50. The number of nitrogens with zero attached hydrogens (tertiary/aromatic N) is 1. The van der Waals surface area contributed by atoms with Crippen LogP contribution in [0.4, 0.5) is 10.1 Å². The number of halogens is 1. The van der Waals surface area contributed by atoms with E-state index in [1.54, 1.807) is 29.2 Å². The second-order valence-corrected chi connectivity index (χ2v) is 9.19. The van der Waals surface area contributed by atoms with Crippen LogP contribution in [0, 0.1) is 5.82 Å². The van der Waals surface area contributed by atoms with Gasteiger partial charge in [-0.1, -0.05) is 26.0 Å². The van der Waals surface area contributed by atoms with Crippen molar-refractivity contribution < 1.29 is 17.6 Å². The monoisotopic (exact) mass is 390 g/mol. The third kappa shape index (κ3) is 4.04. The first kappa shape index (κ1) is 19.5. The van der Waals surface area contributed by atoms with Crippen molar-refractivity contribution >= 4 is 21.6 Å². The van der Waals surface area contributed by atoms with Crippen LogP contribution in [0.3, 0.4) is 0 Å². The lowest BCUT2D eigenvalue weighted by Crippen LogP contribution is -2.36. The molecule has 1 N–H and O–H groups in total. The van der Waals surface area contributed by atoms with Crippen molar-refractivity contribution in [2.24, 2.45) is 0 Å². The summed E-state index contributed by atoms with van der Waals surface area (Å²) >= 11 is 0. The maximum absolute atomic E-state index is 13.1. The molecule has 0 aliphatic carbocycles. The van der Waals surface area contributed by atoms with Crippen LogP contribution in [0.15, 0.2) is 47.4 Å². The van der Waals surface area contributed by atoms with E-state index in [1.165, 1.54) is 25.1 Å². The smallest absolute Gasteiger partial charge is 0.240 e. The van der Waals surface area contributed by atoms with Crippen LogP contribution in [-0.2, 0) is 26.7 Å². The molecule has 0 bridgehead atoms. The zero-order valence-electron chi connectivity index (χ0n) is 15.6. The predicted molar refractivity (Wildman–Crippen MR) is 103 cm³/mol. The molecule has 5 nitrogen and oxygen atoms in total. The van der Waals surface area contributed by atoms with Crippen molar-refractivity contribution in [1.29, 1.82) is 0 Å². The van der Waals surface area contributed by atoms with Gasteiger partial charge in [0, 0.05) is 31.1 Å². The second kappa shape index (κ2) is 7.05. The van der Waals surface area contributed by atoms with Crippen LogP contribution in [0.1, 0.15) is 31.9 Å². The van der Waals surface area contributed by atoms with E-state index in [1.807, 2.05) is 13.8 Å². The van der Waals surface area contributed by atoms with Gasteiger partial charge in [0.1, 0.15) is 5.82 Å². The van der Waals surface area contributed by atoms with Crippen LogP contribution in [0.2, 0.25) is 0 Å². The van der Waals surface area contributed by atoms with Gasteiger partial charge in [-0.25, -0.2) is 17.5 Å². The molecule has 0 unspecified atom stereocenters. The Hall–Kier alpha value is -2.25. The molecular formula is C20H23FN2O3S. The number of nitrogens with one attached hydrogen (secondary N) is 1. The van der Waals surface area contributed by atoms with Crippen LogP contribution < -0.4 is 9.62 Å². The molecule has 1 amide bonds. The Morgan fingerprint density at radius 2 is 1.85 bits per heavy atom. The van der Waals surface area contributed by atoms with Crippen molar-refractivity contribution in [1.82, 2.24) is 4.72 Å². The minimum Gasteiger partial charge on any atom is -0.312 e. The summed E-state index contributed by atoms with van der Waals surface area (Å²) in [6.45, 7) is 6.04. The lowest BCUT2D eigenvalue weighted by Gasteiger charge is -2.25. The standard InChI is InChI=1S/C20H23FN2O3S/c1-14(24)23-11-10-15-12-18(8-9-19(15)23)27(25,26)22-13-20(2,3)16-4-6-17(21)7-5-16/h4-9,12,22H,10-11,13H2,1-3H3. The molecule has 144 valence electrons. The molecule has 0 saturated heterocycles. The highest BCUT2D eigenvalue weighted by Gasteiger charge is 2.27. The van der Waals surface area contributed by atoms with Crippen LogP contribution >= 0.6 is 0 Å². The van der Waals surface area contributed by atoms with Gasteiger partial charge in [-0.3, -0.25) is 4.79 Å². The molecule has 0 fully saturated rings. The number of fused-ring (bicyclic) bond motifs is 1. The maximum Gasteiger partial charge on any atom is 0.240 e. The number of carbonyl (C=O) groups excluding carboxylic acids is 1. The molecule has 2 aromatic rings. The average Bonchev–Trinajstić information content (AvgIpc) is 3.04. The van der Waals surface area contributed by atoms with Crippen molar-refractivity contribution in [3.63, 3.8) is 0 Å². The number of sulfonamides is 1. The summed E-state index contributed by atoms with van der Waals surface area (Å²) in [6.07, 6.45) is 0.638. The maximum atomic E-state index is 13.1. The van der Waals surface area contributed by atoms with E-state index in [0.717, 1.165) is 16.8 Å². The molecule has 1 heterocycles. The van der Waals surface area contributed by atoms with Gasteiger partial charge in [-0.2, -0.15) is 0 Å². The average molecular weight is 390 g/mol. The first-order valence-corrected chi connectivity index (χ1v) is 10.3. The fourth-order valence-electron chi connectivity index (χ4n) is 3.23. The van der Waals surface area contributed by atoms with E-state index in [-0.39, 0.29) is 23.2 Å². The largest absolute Gasteiger partial charge is 0.312 e. The van der Waals surface area contributed by atoms with Gasteiger partial charge < -0.3 is 4.90 Å². The third-order valence-electron chi connectivity index (χ3n) is 4.97. The second-order valence-electron chi connectivity index (χ2n) is 7.43. The SMILES string of the molecule is CC(=O)N1CCc2cc(S(=O)(=O)NCC(C)(C)c3ccc(F)cc3)ccc21. The third-order valence-corrected chi connectivity index (χ3v) is 6.37. The van der Waals surface area contributed by atoms with Gasteiger partial charge in [0.25, 0.3) is 0 Å². The Bertz CT molecular complexity index is 969. The first-order valence-electron chi connectivity index (χ1n) is 8.77. The lowest BCUT2D eigenvalue weighted by atomic mass is 9.85. The molecule has 0 radical (unpaired) electrons. The Morgan fingerprint density at radius 1 is 1.19 bits per heavy atom. The molecular weight excluding hydrogens is 367 g/mol. The molecule has 7 heteroatoms. The summed E-state index contributed by atoms with van der Waals surface area (Å²) in [5.74, 6) is -0.378. The summed E-state index contributed by atoms with van der Waals surface area (Å²) < 4.78 is 41.2. The van der Waals surface area contributed by atoms with Crippen molar-refractivity contribution in [3.05, 3.63) is 59.4 Å². The molecule has 2 aromatic carbocycles. The molecule has 0 spiro atoms. The summed E-state index contributed by atoms with van der Waals surface area (Å²) in [6, 6.07) is 10.9. The number of hydrogen-bond donors (Lipinski definition) is 1. The fraction of sp³-hybridized carbons (Fsp3) is 0.350. The number of amides is 1. The highest BCUT2D eigenvalue weighted by molar-refractivity contribution is 7.89. The van der Waals surface area contributed by atoms with Gasteiger partial charge >= 0.3 is 0 Å². The van der Waals surface area contributed by atoms with Gasteiger partial charge in [0.2, 0.25) is 15.9 Å². The van der Waals surface area contributed by atoms with E-state index in [9.17, 15) is 17.6 Å². The van der Waals surface area contributed by atoms with Crippen LogP contribution in [0.5, 0.6) is 0 Å². The minimum atomic E-state index is -3.70. The Kier molecular flexibility index (Phi) is 5.10. The van der Waals surface area contributed by atoms with Gasteiger partial charge in [-0.05, 0) is 47.9 Å². The molecule has 0 saturated carbocycles. The molecule has 0 aromatic heterocycles. The Balaban J connectivity index is 1.77. The van der Waals surface area contributed by atoms with Crippen molar-refractivity contribution in [3.8, 4) is 0 Å². The van der Waals surface area contributed by atoms with Gasteiger partial charge in [0.05, 0.1) is 4.90 Å². The summed E-state index contributed by atoms with van der Waals surface area (Å²) in [7, 11) is -3.70. The van der Waals surface area contributed by atoms with E-state index in [4.69, 9.17) is 0 Å². The zero-order chi connectivity index (χ0) is 19.8. The number of rotatable bonds is 5. The first-order chi connectivity index (χ1) is 12.6. The number of carbonyl (C=O) groups is 1. The van der Waals surface area contributed by atoms with Gasteiger partial charge in [-0.15, -0.1) is 0 Å². The lowest BCUT2D eigenvalue weighted by molar-refractivity contribution is -0.116. The molecule has 1 aliphatic heterocycles. The van der Waals surface area contributed by atoms with Crippen molar-refractivity contribution in [2.45, 2.75) is 37.5 Å². The normalized spacial score (nSPS) is 14.3. The van der Waals surface area contributed by atoms with E-state index < -0.39 is 15.4 Å². The van der Waals surface area contributed by atoms with Crippen molar-refractivity contribution in [2.75, 3.05) is 18.0 Å². The summed E-state index contributed by atoms with van der Waals surface area (Å²) in [5.41, 5.74) is 1.97. The Morgan fingerprint density at radius 3 is 2.48 bits per heavy atom. The highest BCUT2D eigenvalue weighted by atomic mass is 32.2. The summed E-state index contributed by atoms with van der Waals surface area (Å²) in [5, 5.41) is 0. The minimum absolute atomic E-state index is 0.0523. The van der Waals surface area contributed by atoms with E-state index in [0.29, 0.717) is 13.0 Å². The number of benzene rings is 2. The van der Waals surface area contributed by atoms with E-state index >= 15 is 0 Å². The Labute approximate surface area is 159 Å². The summed E-state index contributed by atoms with van der Waals surface area (Å²) in [4.78, 5) is 13.5. The molecule has 27 heavy (non-hydrogen) atoms. The molecule has 3 rings (SSSR count). The van der Waals surface area contributed by atoms with Gasteiger partial charge in [0.15, 0.2) is 0 Å². The van der Waals surface area contributed by atoms with Crippen LogP contribution in [-0.4, -0.2) is 27.4 Å².